The minimum atomic E-state index is -2.78. The van der Waals surface area contributed by atoms with Crippen LogP contribution < -0.4 is 9.64 Å². The lowest BCUT2D eigenvalue weighted by Gasteiger charge is -2.28. The average Bonchev–Trinajstić information content (AvgIpc) is 3.59. The lowest BCUT2D eigenvalue weighted by molar-refractivity contribution is -0.143. The number of alkyl halides is 2. The lowest BCUT2D eigenvalue weighted by atomic mass is 9.78. The molecule has 2 aliphatic rings. The van der Waals surface area contributed by atoms with Gasteiger partial charge in [0.05, 0.1) is 41.3 Å². The van der Waals surface area contributed by atoms with Gasteiger partial charge in [0.1, 0.15) is 24.0 Å². The first-order chi connectivity index (χ1) is 21.7. The van der Waals surface area contributed by atoms with Crippen LogP contribution in [0.15, 0.2) is 72.8 Å². The van der Waals surface area contributed by atoms with Crippen molar-refractivity contribution in [2.75, 3.05) is 18.0 Å². The fourth-order valence-corrected chi connectivity index (χ4v) is 6.74. The number of carboxylic acids is 1. The third-order valence-corrected chi connectivity index (χ3v) is 9.11. The summed E-state index contributed by atoms with van der Waals surface area (Å²) in [7, 11) is 0. The summed E-state index contributed by atoms with van der Waals surface area (Å²) in [5.74, 6) is -3.87. The molecule has 0 bridgehead atoms. The second-order valence-electron chi connectivity index (χ2n) is 12.1. The molecule has 0 unspecified atom stereocenters. The standard InChI is InChI=1S/C35H33F3N4O3/c36-29-17-25(41-16-15-35(37,38)21-41)12-10-23(29)19-42-32-14-13-26(45-20-24-11-9-22-5-1-4-8-30(22)39-24)18-31(32)40-33(42)27-6-2-3-7-28(27)34(43)44/h1,4-5,8-14,17-18,27-28H,2-3,6-7,15-16,19-21H2,(H,43,44)/t27-,28+/m1/s1. The molecule has 0 radical (unpaired) electrons. The summed E-state index contributed by atoms with van der Waals surface area (Å²) in [6.45, 7) is 0.121. The number of ether oxygens (including phenoxy) is 1. The number of aliphatic carboxylic acids is 1. The van der Waals surface area contributed by atoms with Gasteiger partial charge < -0.3 is 19.3 Å². The van der Waals surface area contributed by atoms with Gasteiger partial charge in [0.2, 0.25) is 0 Å². The fraction of sp³-hybridized carbons (Fsp3) is 0.343. The quantitative estimate of drug-likeness (QED) is 0.194. The molecule has 7 nitrogen and oxygen atoms in total. The minimum Gasteiger partial charge on any atom is -0.487 e. The van der Waals surface area contributed by atoms with Crippen molar-refractivity contribution in [1.29, 1.82) is 0 Å². The molecule has 0 spiro atoms. The molecule has 10 heteroatoms. The maximum Gasteiger partial charge on any atom is 0.307 e. The predicted octanol–water partition coefficient (Wildman–Crippen LogP) is 7.55. The van der Waals surface area contributed by atoms with Crippen LogP contribution in [0.25, 0.3) is 21.9 Å². The molecule has 0 amide bonds. The number of fused-ring (bicyclic) bond motifs is 2. The van der Waals surface area contributed by atoms with Crippen molar-refractivity contribution < 1.29 is 27.8 Å². The molecule has 1 aliphatic heterocycles. The van der Waals surface area contributed by atoms with Gasteiger partial charge in [0.25, 0.3) is 5.92 Å². The molecular formula is C35H33F3N4O3. The maximum atomic E-state index is 15.5. The predicted molar refractivity (Wildman–Crippen MR) is 165 cm³/mol. The number of nitrogens with zero attached hydrogens (tertiary/aromatic N) is 4. The molecule has 2 aromatic heterocycles. The monoisotopic (exact) mass is 614 g/mol. The zero-order chi connectivity index (χ0) is 31.1. The maximum absolute atomic E-state index is 15.5. The first-order valence-corrected chi connectivity index (χ1v) is 15.4. The van der Waals surface area contributed by atoms with E-state index in [1.807, 2.05) is 59.2 Å². The van der Waals surface area contributed by atoms with Crippen LogP contribution in [0, 0.1) is 11.7 Å². The van der Waals surface area contributed by atoms with Crippen LogP contribution in [0.5, 0.6) is 5.75 Å². The molecule has 1 aliphatic carbocycles. The largest absolute Gasteiger partial charge is 0.487 e. The number of aromatic nitrogens is 3. The summed E-state index contributed by atoms with van der Waals surface area (Å²) in [6, 6.07) is 21.9. The van der Waals surface area contributed by atoms with Crippen LogP contribution in [-0.2, 0) is 17.9 Å². The highest BCUT2D eigenvalue weighted by molar-refractivity contribution is 5.79. The number of hydrogen-bond donors (Lipinski definition) is 1. The molecule has 1 saturated carbocycles. The van der Waals surface area contributed by atoms with Crippen molar-refractivity contribution >= 4 is 33.6 Å². The highest BCUT2D eigenvalue weighted by Crippen LogP contribution is 2.40. The summed E-state index contributed by atoms with van der Waals surface area (Å²) in [5, 5.41) is 11.1. The molecule has 3 aromatic carbocycles. The third kappa shape index (κ3) is 5.93. The average molecular weight is 615 g/mol. The summed E-state index contributed by atoms with van der Waals surface area (Å²) < 4.78 is 51.1. The van der Waals surface area contributed by atoms with E-state index in [1.165, 1.54) is 11.0 Å². The van der Waals surface area contributed by atoms with Crippen LogP contribution in [0.1, 0.15) is 55.1 Å². The van der Waals surface area contributed by atoms with E-state index in [2.05, 4.69) is 4.98 Å². The molecule has 5 aromatic rings. The second-order valence-corrected chi connectivity index (χ2v) is 12.1. The van der Waals surface area contributed by atoms with E-state index in [4.69, 9.17) is 9.72 Å². The Bertz CT molecular complexity index is 1890. The Morgan fingerprint density at radius 3 is 2.62 bits per heavy atom. The van der Waals surface area contributed by atoms with Crippen molar-refractivity contribution in [1.82, 2.24) is 14.5 Å². The number of para-hydroxylation sites is 1. The summed E-state index contributed by atoms with van der Waals surface area (Å²) in [5.41, 5.74) is 3.82. The topological polar surface area (TPSA) is 80.5 Å². The molecule has 45 heavy (non-hydrogen) atoms. The molecular weight excluding hydrogens is 581 g/mol. The van der Waals surface area contributed by atoms with E-state index in [0.717, 1.165) is 35.0 Å². The van der Waals surface area contributed by atoms with Crippen LogP contribution in [0.4, 0.5) is 18.9 Å². The van der Waals surface area contributed by atoms with E-state index in [-0.39, 0.29) is 32.0 Å². The summed E-state index contributed by atoms with van der Waals surface area (Å²) in [4.78, 5) is 23.4. The number of halogens is 3. The van der Waals surface area contributed by atoms with E-state index < -0.39 is 30.2 Å². The van der Waals surface area contributed by atoms with E-state index in [9.17, 15) is 18.7 Å². The Hall–Kier alpha value is -4.60. The molecule has 1 saturated heterocycles. The van der Waals surface area contributed by atoms with Gasteiger partial charge in [-0.2, -0.15) is 0 Å². The van der Waals surface area contributed by atoms with Crippen LogP contribution in [-0.4, -0.2) is 44.6 Å². The molecule has 1 N–H and O–H groups in total. The number of carboxylic acid groups (broad SMARTS) is 1. The van der Waals surface area contributed by atoms with Crippen molar-refractivity contribution in [2.24, 2.45) is 5.92 Å². The van der Waals surface area contributed by atoms with Gasteiger partial charge in [-0.15, -0.1) is 0 Å². The van der Waals surface area contributed by atoms with Gasteiger partial charge in [-0.25, -0.2) is 23.1 Å². The highest BCUT2D eigenvalue weighted by atomic mass is 19.3. The van der Waals surface area contributed by atoms with Crippen molar-refractivity contribution in [3.05, 3.63) is 95.7 Å². The smallest absolute Gasteiger partial charge is 0.307 e. The van der Waals surface area contributed by atoms with Gasteiger partial charge in [-0.1, -0.05) is 43.2 Å². The zero-order valence-electron chi connectivity index (χ0n) is 24.6. The number of carbonyl (C=O) groups is 1. The minimum absolute atomic E-state index is 0.123. The zero-order valence-corrected chi connectivity index (χ0v) is 24.6. The normalized spacial score (nSPS) is 19.8. The number of benzene rings is 3. The molecule has 7 rings (SSSR count). The number of anilines is 1. The number of hydrogen-bond acceptors (Lipinski definition) is 5. The molecule has 2 fully saturated rings. The third-order valence-electron chi connectivity index (χ3n) is 9.11. The molecule has 232 valence electrons. The molecule has 3 heterocycles. The number of pyridine rings is 1. The second kappa shape index (κ2) is 11.7. The SMILES string of the molecule is O=C(O)[C@H]1CCCC[C@H]1c1nc2cc(OCc3ccc4ccccc4n3)ccc2n1Cc1ccc(N2CCC(F)(F)C2)cc1F. The van der Waals surface area contributed by atoms with Gasteiger partial charge in [0.15, 0.2) is 0 Å². The van der Waals surface area contributed by atoms with E-state index in [0.29, 0.717) is 41.2 Å². The Labute approximate surface area is 258 Å². The number of imidazole rings is 1. The first kappa shape index (κ1) is 29.1. The van der Waals surface area contributed by atoms with E-state index in [1.54, 1.807) is 12.1 Å². The van der Waals surface area contributed by atoms with Gasteiger partial charge in [-0.3, -0.25) is 4.79 Å². The fourth-order valence-electron chi connectivity index (χ4n) is 6.74. The van der Waals surface area contributed by atoms with Gasteiger partial charge in [-0.05, 0) is 49.2 Å². The highest BCUT2D eigenvalue weighted by Gasteiger charge is 2.39. The Morgan fingerprint density at radius 2 is 1.82 bits per heavy atom. The number of rotatable bonds is 8. The van der Waals surface area contributed by atoms with Gasteiger partial charge >= 0.3 is 5.97 Å². The lowest BCUT2D eigenvalue weighted by Crippen LogP contribution is -2.28. The van der Waals surface area contributed by atoms with Crippen LogP contribution in [0.2, 0.25) is 0 Å². The summed E-state index contributed by atoms with van der Waals surface area (Å²) in [6.07, 6.45) is 2.69. The Morgan fingerprint density at radius 1 is 0.978 bits per heavy atom. The first-order valence-electron chi connectivity index (χ1n) is 15.4. The van der Waals surface area contributed by atoms with Crippen molar-refractivity contribution in [3.63, 3.8) is 0 Å². The molecule has 2 atom stereocenters. The summed E-state index contributed by atoms with van der Waals surface area (Å²) >= 11 is 0. The van der Waals surface area contributed by atoms with Gasteiger partial charge in [0, 0.05) is 41.6 Å². The Balaban J connectivity index is 1.20. The van der Waals surface area contributed by atoms with Crippen molar-refractivity contribution in [3.8, 4) is 5.75 Å². The Kier molecular flexibility index (Phi) is 7.59. The van der Waals surface area contributed by atoms with Crippen molar-refractivity contribution in [2.45, 2.75) is 57.1 Å². The van der Waals surface area contributed by atoms with E-state index >= 15 is 4.39 Å². The van der Waals surface area contributed by atoms with Crippen LogP contribution >= 0.6 is 0 Å². The van der Waals surface area contributed by atoms with Crippen LogP contribution in [0.3, 0.4) is 0 Å².